The Morgan fingerprint density at radius 2 is 1.50 bits per heavy atom. The van der Waals surface area contributed by atoms with Crippen molar-refractivity contribution in [1.29, 1.82) is 0 Å². The lowest BCUT2D eigenvalue weighted by molar-refractivity contribution is 0.252. The van der Waals surface area contributed by atoms with Gasteiger partial charge in [-0.25, -0.2) is 0 Å². The molecule has 0 amide bonds. The van der Waals surface area contributed by atoms with Crippen LogP contribution in [0.15, 0.2) is 60.7 Å². The maximum absolute atomic E-state index is 5.76. The quantitative estimate of drug-likeness (QED) is 0.730. The molecule has 2 rings (SSSR count). The molecule has 1 nitrogen and oxygen atoms in total. The molecule has 0 aliphatic carbocycles. The van der Waals surface area contributed by atoms with E-state index in [2.05, 4.69) is 37.3 Å². The number of ether oxygens (including phenoxy) is 1. The Morgan fingerprint density at radius 3 is 2.17 bits per heavy atom. The molecule has 0 bridgehead atoms. The highest BCUT2D eigenvalue weighted by atomic mass is 16.5. The number of para-hydroxylation sites is 1. The molecule has 0 N–H and O–H groups in total. The predicted molar refractivity (Wildman–Crippen MR) is 75.9 cm³/mol. The zero-order valence-electron chi connectivity index (χ0n) is 10.9. The van der Waals surface area contributed by atoms with Crippen LogP contribution in [0.1, 0.15) is 18.9 Å². The van der Waals surface area contributed by atoms with E-state index in [1.54, 1.807) is 0 Å². The first kappa shape index (κ1) is 12.7. The van der Waals surface area contributed by atoms with Gasteiger partial charge in [-0.1, -0.05) is 55.5 Å². The largest absolute Gasteiger partial charge is 0.493 e. The molecule has 0 saturated carbocycles. The third kappa shape index (κ3) is 4.25. The summed E-state index contributed by atoms with van der Waals surface area (Å²) >= 11 is 0. The summed E-state index contributed by atoms with van der Waals surface area (Å²) in [5.74, 6) is 1.54. The van der Waals surface area contributed by atoms with Crippen molar-refractivity contribution in [1.82, 2.24) is 0 Å². The summed E-state index contributed by atoms with van der Waals surface area (Å²) in [5, 5.41) is 0. The first-order valence-electron chi connectivity index (χ1n) is 6.56. The van der Waals surface area contributed by atoms with Gasteiger partial charge in [0.15, 0.2) is 0 Å². The third-order valence-electron chi connectivity index (χ3n) is 3.05. The van der Waals surface area contributed by atoms with Crippen molar-refractivity contribution < 1.29 is 4.74 Å². The SMILES string of the molecule is CC(CCc1ccccc1)COc1ccccc1. The summed E-state index contributed by atoms with van der Waals surface area (Å²) in [5.41, 5.74) is 1.41. The second-order valence-corrected chi connectivity index (χ2v) is 4.75. The highest BCUT2D eigenvalue weighted by molar-refractivity contribution is 5.20. The lowest BCUT2D eigenvalue weighted by atomic mass is 10.0. The van der Waals surface area contributed by atoms with Crippen molar-refractivity contribution in [3.05, 3.63) is 66.2 Å². The molecule has 1 atom stereocenters. The molecule has 0 aromatic heterocycles. The van der Waals surface area contributed by atoms with Crippen LogP contribution in [0, 0.1) is 5.92 Å². The fourth-order valence-corrected chi connectivity index (χ4v) is 1.90. The summed E-state index contributed by atoms with van der Waals surface area (Å²) in [7, 11) is 0. The smallest absolute Gasteiger partial charge is 0.119 e. The topological polar surface area (TPSA) is 9.23 Å². The van der Waals surface area contributed by atoms with Crippen LogP contribution in [-0.2, 0) is 6.42 Å². The van der Waals surface area contributed by atoms with Crippen LogP contribution in [-0.4, -0.2) is 6.61 Å². The highest BCUT2D eigenvalue weighted by Crippen LogP contribution is 2.13. The van der Waals surface area contributed by atoms with Crippen molar-refractivity contribution in [3.8, 4) is 5.75 Å². The van der Waals surface area contributed by atoms with E-state index in [9.17, 15) is 0 Å². The van der Waals surface area contributed by atoms with Gasteiger partial charge in [-0.2, -0.15) is 0 Å². The van der Waals surface area contributed by atoms with Gasteiger partial charge in [0.05, 0.1) is 6.61 Å². The van der Waals surface area contributed by atoms with Crippen molar-refractivity contribution in [3.63, 3.8) is 0 Å². The molecule has 0 spiro atoms. The molecule has 1 heteroatoms. The monoisotopic (exact) mass is 240 g/mol. The van der Waals surface area contributed by atoms with Gasteiger partial charge in [-0.05, 0) is 36.5 Å². The normalized spacial score (nSPS) is 12.1. The second kappa shape index (κ2) is 6.85. The summed E-state index contributed by atoms with van der Waals surface area (Å²) in [4.78, 5) is 0. The lowest BCUT2D eigenvalue weighted by Crippen LogP contribution is -2.09. The molecular formula is C17H20O. The summed E-state index contributed by atoms with van der Waals surface area (Å²) in [6, 6.07) is 20.6. The molecule has 0 aliphatic rings. The standard InChI is InChI=1S/C17H20O/c1-15(12-13-16-8-4-2-5-9-16)14-18-17-10-6-3-7-11-17/h2-11,15H,12-14H2,1H3. The number of rotatable bonds is 6. The first-order chi connectivity index (χ1) is 8.84. The van der Waals surface area contributed by atoms with E-state index >= 15 is 0 Å². The zero-order chi connectivity index (χ0) is 12.6. The Bertz CT molecular complexity index is 392. The van der Waals surface area contributed by atoms with Gasteiger partial charge in [0.2, 0.25) is 0 Å². The van der Waals surface area contributed by atoms with E-state index in [1.807, 2.05) is 30.3 Å². The maximum Gasteiger partial charge on any atom is 0.119 e. The Morgan fingerprint density at radius 1 is 0.889 bits per heavy atom. The van der Waals surface area contributed by atoms with E-state index in [1.165, 1.54) is 5.56 Å². The Balaban J connectivity index is 1.71. The van der Waals surface area contributed by atoms with Gasteiger partial charge < -0.3 is 4.74 Å². The highest BCUT2D eigenvalue weighted by Gasteiger charge is 2.03. The van der Waals surface area contributed by atoms with Gasteiger partial charge in [0.25, 0.3) is 0 Å². The van der Waals surface area contributed by atoms with E-state index < -0.39 is 0 Å². The third-order valence-corrected chi connectivity index (χ3v) is 3.05. The van der Waals surface area contributed by atoms with E-state index in [-0.39, 0.29) is 0 Å². The minimum atomic E-state index is 0.574. The zero-order valence-corrected chi connectivity index (χ0v) is 10.9. The van der Waals surface area contributed by atoms with Crippen LogP contribution >= 0.6 is 0 Å². The molecular weight excluding hydrogens is 220 g/mol. The molecule has 0 heterocycles. The van der Waals surface area contributed by atoms with Crippen LogP contribution in [0.3, 0.4) is 0 Å². The molecule has 0 aliphatic heterocycles. The molecule has 1 unspecified atom stereocenters. The van der Waals surface area contributed by atoms with Crippen LogP contribution in [0.25, 0.3) is 0 Å². The molecule has 2 aromatic rings. The van der Waals surface area contributed by atoms with Crippen LogP contribution in [0.2, 0.25) is 0 Å². The molecule has 2 aromatic carbocycles. The Hall–Kier alpha value is -1.76. The molecule has 18 heavy (non-hydrogen) atoms. The van der Waals surface area contributed by atoms with Crippen molar-refractivity contribution in [2.45, 2.75) is 19.8 Å². The summed E-state index contributed by atoms with van der Waals surface area (Å²) in [6.07, 6.45) is 2.29. The van der Waals surface area contributed by atoms with E-state index in [0.717, 1.165) is 25.2 Å². The lowest BCUT2D eigenvalue weighted by Gasteiger charge is -2.13. The Kier molecular flexibility index (Phi) is 4.83. The predicted octanol–water partition coefficient (Wildman–Crippen LogP) is 4.33. The van der Waals surface area contributed by atoms with Gasteiger partial charge in [-0.15, -0.1) is 0 Å². The number of hydrogen-bond acceptors (Lipinski definition) is 1. The molecule has 94 valence electrons. The Labute approximate surface area is 109 Å². The van der Waals surface area contributed by atoms with Crippen LogP contribution in [0.5, 0.6) is 5.75 Å². The summed E-state index contributed by atoms with van der Waals surface area (Å²) < 4.78 is 5.76. The van der Waals surface area contributed by atoms with Crippen molar-refractivity contribution >= 4 is 0 Å². The first-order valence-corrected chi connectivity index (χ1v) is 6.56. The minimum Gasteiger partial charge on any atom is -0.493 e. The van der Waals surface area contributed by atoms with Crippen molar-refractivity contribution in [2.24, 2.45) is 5.92 Å². The van der Waals surface area contributed by atoms with E-state index in [0.29, 0.717) is 5.92 Å². The fraction of sp³-hybridized carbons (Fsp3) is 0.294. The van der Waals surface area contributed by atoms with Crippen molar-refractivity contribution in [2.75, 3.05) is 6.61 Å². The van der Waals surface area contributed by atoms with E-state index in [4.69, 9.17) is 4.74 Å². The van der Waals surface area contributed by atoms with Gasteiger partial charge in [0.1, 0.15) is 5.75 Å². The maximum atomic E-state index is 5.76. The fourth-order valence-electron chi connectivity index (χ4n) is 1.90. The average Bonchev–Trinajstić information content (AvgIpc) is 2.45. The van der Waals surface area contributed by atoms with Crippen LogP contribution < -0.4 is 4.74 Å². The van der Waals surface area contributed by atoms with Gasteiger partial charge in [0, 0.05) is 0 Å². The van der Waals surface area contributed by atoms with Crippen LogP contribution in [0.4, 0.5) is 0 Å². The van der Waals surface area contributed by atoms with Gasteiger partial charge in [-0.3, -0.25) is 0 Å². The minimum absolute atomic E-state index is 0.574. The molecule has 0 radical (unpaired) electrons. The second-order valence-electron chi connectivity index (χ2n) is 4.75. The molecule has 0 saturated heterocycles. The number of benzene rings is 2. The number of aryl methyl sites for hydroxylation is 1. The average molecular weight is 240 g/mol. The van der Waals surface area contributed by atoms with Gasteiger partial charge >= 0.3 is 0 Å². The molecule has 0 fully saturated rings. The number of hydrogen-bond donors (Lipinski definition) is 0. The summed E-state index contributed by atoms with van der Waals surface area (Å²) in [6.45, 7) is 3.03.